The van der Waals surface area contributed by atoms with Crippen LogP contribution in [0, 0.1) is 0 Å². The Morgan fingerprint density at radius 3 is 2.70 bits per heavy atom. The zero-order valence-electron chi connectivity index (χ0n) is 6.05. The SMILES string of the molecule is C=C(OSC)C(=O)OCC. The van der Waals surface area contributed by atoms with Gasteiger partial charge < -0.3 is 8.92 Å². The molecule has 0 N–H and O–H groups in total. The fourth-order valence-electron chi connectivity index (χ4n) is 0.346. The Hall–Kier alpha value is -0.640. The Morgan fingerprint density at radius 1 is 1.70 bits per heavy atom. The zero-order chi connectivity index (χ0) is 7.98. The first kappa shape index (κ1) is 9.36. The van der Waals surface area contributed by atoms with Gasteiger partial charge in [-0.25, -0.2) is 4.79 Å². The summed E-state index contributed by atoms with van der Waals surface area (Å²) in [5.41, 5.74) is 0. The van der Waals surface area contributed by atoms with Gasteiger partial charge in [-0.2, -0.15) is 0 Å². The molecular formula is C6H10O3S. The normalized spacial score (nSPS) is 8.60. The van der Waals surface area contributed by atoms with Crippen molar-refractivity contribution >= 4 is 18.0 Å². The largest absolute Gasteiger partial charge is 0.460 e. The van der Waals surface area contributed by atoms with Crippen molar-refractivity contribution in [1.29, 1.82) is 0 Å². The van der Waals surface area contributed by atoms with Gasteiger partial charge in [0.15, 0.2) is 0 Å². The minimum atomic E-state index is -0.503. The molecular weight excluding hydrogens is 152 g/mol. The average molecular weight is 162 g/mol. The molecule has 0 aliphatic rings. The van der Waals surface area contributed by atoms with E-state index in [9.17, 15) is 4.79 Å². The van der Waals surface area contributed by atoms with Crippen molar-refractivity contribution in [2.45, 2.75) is 6.92 Å². The summed E-state index contributed by atoms with van der Waals surface area (Å²) in [6.45, 7) is 5.41. The van der Waals surface area contributed by atoms with Gasteiger partial charge in [-0.05, 0) is 13.5 Å². The molecule has 4 heteroatoms. The van der Waals surface area contributed by atoms with Crippen LogP contribution in [0.25, 0.3) is 0 Å². The molecule has 58 valence electrons. The first-order chi connectivity index (χ1) is 4.72. The fraction of sp³-hybridized carbons (Fsp3) is 0.500. The summed E-state index contributed by atoms with van der Waals surface area (Å²) in [4.78, 5) is 10.7. The number of ether oxygens (including phenoxy) is 1. The van der Waals surface area contributed by atoms with E-state index in [0.29, 0.717) is 6.61 Å². The standard InChI is InChI=1S/C6H10O3S/c1-4-8-6(7)5(2)9-10-3/h2,4H2,1,3H3. The summed E-state index contributed by atoms with van der Waals surface area (Å²) in [7, 11) is 0. The van der Waals surface area contributed by atoms with Gasteiger partial charge in [-0.1, -0.05) is 0 Å². The molecule has 0 unspecified atom stereocenters. The van der Waals surface area contributed by atoms with Crippen molar-refractivity contribution in [2.24, 2.45) is 0 Å². The first-order valence-electron chi connectivity index (χ1n) is 2.79. The lowest BCUT2D eigenvalue weighted by molar-refractivity contribution is -0.140. The highest BCUT2D eigenvalue weighted by atomic mass is 32.2. The predicted octanol–water partition coefficient (Wildman–Crippen LogP) is 1.36. The molecule has 0 fully saturated rings. The lowest BCUT2D eigenvalue weighted by Crippen LogP contribution is -2.06. The fourth-order valence-corrected chi connectivity index (χ4v) is 0.615. The van der Waals surface area contributed by atoms with Crippen LogP contribution in [-0.2, 0) is 13.7 Å². The van der Waals surface area contributed by atoms with E-state index < -0.39 is 5.97 Å². The maximum Gasteiger partial charge on any atom is 0.374 e. The summed E-state index contributed by atoms with van der Waals surface area (Å²) < 4.78 is 9.28. The van der Waals surface area contributed by atoms with Gasteiger partial charge >= 0.3 is 5.97 Å². The molecule has 0 aliphatic carbocycles. The third-order valence-corrected chi connectivity index (χ3v) is 1.05. The van der Waals surface area contributed by atoms with Crippen LogP contribution in [0.2, 0.25) is 0 Å². The second-order valence-corrected chi connectivity index (χ2v) is 1.89. The van der Waals surface area contributed by atoms with E-state index in [-0.39, 0.29) is 5.76 Å². The summed E-state index contributed by atoms with van der Waals surface area (Å²) >= 11 is 1.06. The van der Waals surface area contributed by atoms with Gasteiger partial charge in [0.1, 0.15) is 0 Å². The van der Waals surface area contributed by atoms with Gasteiger partial charge in [0.2, 0.25) is 5.76 Å². The molecule has 0 amide bonds. The lowest BCUT2D eigenvalue weighted by atomic mass is 10.6. The molecule has 10 heavy (non-hydrogen) atoms. The quantitative estimate of drug-likeness (QED) is 0.270. The molecule has 0 bridgehead atoms. The van der Waals surface area contributed by atoms with Gasteiger partial charge in [0, 0.05) is 6.26 Å². The van der Waals surface area contributed by atoms with Crippen molar-refractivity contribution in [3.8, 4) is 0 Å². The third-order valence-electron chi connectivity index (χ3n) is 0.687. The first-order valence-corrected chi connectivity index (χ1v) is 3.94. The number of hydrogen-bond donors (Lipinski definition) is 0. The molecule has 0 aromatic rings. The lowest BCUT2D eigenvalue weighted by Gasteiger charge is -2.02. The summed E-state index contributed by atoms with van der Waals surface area (Å²) in [5.74, 6) is -0.466. The molecule has 3 nitrogen and oxygen atoms in total. The third kappa shape index (κ3) is 3.40. The number of carbonyl (C=O) groups excluding carboxylic acids is 1. The van der Waals surface area contributed by atoms with E-state index in [1.807, 2.05) is 0 Å². The maximum absolute atomic E-state index is 10.7. The molecule has 0 atom stereocenters. The van der Waals surface area contributed by atoms with E-state index in [2.05, 4.69) is 11.3 Å². The predicted molar refractivity (Wildman–Crippen MR) is 40.4 cm³/mol. The van der Waals surface area contributed by atoms with E-state index in [1.54, 1.807) is 13.2 Å². The maximum atomic E-state index is 10.7. The van der Waals surface area contributed by atoms with E-state index in [1.165, 1.54) is 0 Å². The Bertz CT molecular complexity index is 117. The van der Waals surface area contributed by atoms with Crippen LogP contribution in [0.4, 0.5) is 0 Å². The smallest absolute Gasteiger partial charge is 0.374 e. The Labute approximate surface area is 64.6 Å². The zero-order valence-corrected chi connectivity index (χ0v) is 6.86. The summed E-state index contributed by atoms with van der Waals surface area (Å²) in [5, 5.41) is 0. The number of hydrogen-bond acceptors (Lipinski definition) is 4. The molecule has 0 saturated carbocycles. The van der Waals surface area contributed by atoms with Crippen molar-refractivity contribution in [1.82, 2.24) is 0 Å². The highest BCUT2D eigenvalue weighted by Crippen LogP contribution is 2.05. The van der Waals surface area contributed by atoms with Crippen molar-refractivity contribution in [2.75, 3.05) is 12.9 Å². The summed E-state index contributed by atoms with van der Waals surface area (Å²) in [6.07, 6.45) is 1.70. The van der Waals surface area contributed by atoms with Crippen LogP contribution < -0.4 is 0 Å². The molecule has 0 saturated heterocycles. The second kappa shape index (κ2) is 5.17. The van der Waals surface area contributed by atoms with Crippen LogP contribution in [-0.4, -0.2) is 18.8 Å². The van der Waals surface area contributed by atoms with Crippen LogP contribution in [0.5, 0.6) is 0 Å². The number of rotatable bonds is 4. The minimum Gasteiger partial charge on any atom is -0.460 e. The average Bonchev–Trinajstić information content (AvgIpc) is 1.89. The van der Waals surface area contributed by atoms with E-state index >= 15 is 0 Å². The highest BCUT2D eigenvalue weighted by Gasteiger charge is 2.07. The monoisotopic (exact) mass is 162 g/mol. The second-order valence-electron chi connectivity index (χ2n) is 1.39. The van der Waals surface area contributed by atoms with Gasteiger partial charge in [0.25, 0.3) is 0 Å². The molecule has 0 spiro atoms. The van der Waals surface area contributed by atoms with E-state index in [0.717, 1.165) is 12.0 Å². The number of carbonyl (C=O) groups is 1. The molecule has 0 heterocycles. The van der Waals surface area contributed by atoms with Crippen LogP contribution in [0.3, 0.4) is 0 Å². The molecule has 0 aromatic carbocycles. The van der Waals surface area contributed by atoms with Gasteiger partial charge in [0.05, 0.1) is 18.6 Å². The van der Waals surface area contributed by atoms with Gasteiger partial charge in [-0.3, -0.25) is 0 Å². The molecule has 0 aromatic heterocycles. The number of esters is 1. The molecule has 0 aliphatic heterocycles. The Morgan fingerprint density at radius 2 is 2.30 bits per heavy atom. The van der Waals surface area contributed by atoms with Crippen LogP contribution in [0.15, 0.2) is 12.3 Å². The minimum absolute atomic E-state index is 0.0364. The van der Waals surface area contributed by atoms with Crippen molar-refractivity contribution < 1.29 is 13.7 Å². The van der Waals surface area contributed by atoms with Gasteiger partial charge in [-0.15, -0.1) is 0 Å². The Balaban J connectivity index is 3.60. The van der Waals surface area contributed by atoms with E-state index in [4.69, 9.17) is 4.18 Å². The summed E-state index contributed by atoms with van der Waals surface area (Å²) in [6, 6.07) is 0. The molecule has 0 rings (SSSR count). The van der Waals surface area contributed by atoms with Crippen molar-refractivity contribution in [3.63, 3.8) is 0 Å². The van der Waals surface area contributed by atoms with Crippen molar-refractivity contribution in [3.05, 3.63) is 12.3 Å². The van der Waals surface area contributed by atoms with Crippen LogP contribution in [0.1, 0.15) is 6.92 Å². The van der Waals surface area contributed by atoms with Crippen LogP contribution >= 0.6 is 12.0 Å². The Kier molecular flexibility index (Phi) is 4.84. The topological polar surface area (TPSA) is 35.5 Å². The molecule has 0 radical (unpaired) electrons. The highest BCUT2D eigenvalue weighted by molar-refractivity contribution is 7.94.